The van der Waals surface area contributed by atoms with Crippen LogP contribution in [0, 0.1) is 0 Å². The Morgan fingerprint density at radius 3 is 2.84 bits per heavy atom. The van der Waals surface area contributed by atoms with E-state index in [1.54, 1.807) is 30.5 Å². The van der Waals surface area contributed by atoms with Crippen LogP contribution >= 0.6 is 0 Å². The van der Waals surface area contributed by atoms with Crippen LogP contribution in [0.5, 0.6) is 5.75 Å². The van der Waals surface area contributed by atoms with Crippen LogP contribution in [0.1, 0.15) is 18.6 Å². The van der Waals surface area contributed by atoms with Crippen LogP contribution in [0.4, 0.5) is 11.4 Å². The number of nitrogens with zero attached hydrogens (tertiary/aromatic N) is 1. The Bertz CT molecular complexity index is 846. The van der Waals surface area contributed by atoms with Crippen molar-refractivity contribution in [3.8, 4) is 5.75 Å². The maximum Gasteiger partial charge on any atom is 0.235 e. The average Bonchev–Trinajstić information content (AvgIpc) is 3.22. The van der Waals surface area contributed by atoms with E-state index in [0.29, 0.717) is 36.5 Å². The summed E-state index contributed by atoms with van der Waals surface area (Å²) in [5.74, 6) is 1.16. The van der Waals surface area contributed by atoms with Crippen molar-refractivity contribution < 1.29 is 22.4 Å². The van der Waals surface area contributed by atoms with E-state index < -0.39 is 10.0 Å². The second-order valence-corrected chi connectivity index (χ2v) is 7.77. The number of methoxy groups -OCH3 is 1. The predicted octanol–water partition coefficient (Wildman–Crippen LogP) is 2.40. The minimum absolute atomic E-state index is 0.143. The smallest absolute Gasteiger partial charge is 0.235 e. The number of rotatable bonds is 6. The Kier molecular flexibility index (Phi) is 4.98. The highest BCUT2D eigenvalue weighted by Crippen LogP contribution is 2.32. The second-order valence-electron chi connectivity index (χ2n) is 5.75. The van der Waals surface area contributed by atoms with Crippen LogP contribution < -0.4 is 14.4 Å². The molecule has 1 aliphatic rings. The van der Waals surface area contributed by atoms with Gasteiger partial charge in [-0.05, 0) is 36.8 Å². The van der Waals surface area contributed by atoms with Crippen LogP contribution in [-0.2, 0) is 21.2 Å². The molecule has 2 heterocycles. The maximum atomic E-state index is 12.2. The highest BCUT2D eigenvalue weighted by molar-refractivity contribution is 7.93. The molecule has 0 unspecified atom stereocenters. The number of anilines is 2. The van der Waals surface area contributed by atoms with Gasteiger partial charge in [-0.15, -0.1) is 0 Å². The zero-order chi connectivity index (χ0) is 17.9. The summed E-state index contributed by atoms with van der Waals surface area (Å²) in [7, 11) is -1.78. The van der Waals surface area contributed by atoms with Gasteiger partial charge in [-0.2, -0.15) is 0 Å². The number of benzene rings is 1. The van der Waals surface area contributed by atoms with Gasteiger partial charge in [-0.25, -0.2) is 8.42 Å². The molecule has 0 aliphatic carbocycles. The van der Waals surface area contributed by atoms with Crippen LogP contribution in [-0.4, -0.2) is 33.7 Å². The lowest BCUT2D eigenvalue weighted by atomic mass is 10.2. The van der Waals surface area contributed by atoms with Crippen molar-refractivity contribution in [3.63, 3.8) is 0 Å². The topological polar surface area (TPSA) is 88.9 Å². The SMILES string of the molecule is COc1ccc(N2CCCS2(=O)=O)cc1NC(=O)CCc1ccco1. The van der Waals surface area contributed by atoms with Crippen LogP contribution in [0.25, 0.3) is 0 Å². The van der Waals surface area contributed by atoms with Gasteiger partial charge in [0.2, 0.25) is 15.9 Å². The first-order chi connectivity index (χ1) is 12.0. The molecule has 0 saturated carbocycles. The molecule has 1 aromatic heterocycles. The summed E-state index contributed by atoms with van der Waals surface area (Å²) in [4.78, 5) is 12.2. The van der Waals surface area contributed by atoms with Gasteiger partial charge in [0, 0.05) is 19.4 Å². The van der Waals surface area contributed by atoms with Crippen molar-refractivity contribution in [2.24, 2.45) is 0 Å². The van der Waals surface area contributed by atoms with E-state index in [1.165, 1.54) is 11.4 Å². The first-order valence-corrected chi connectivity index (χ1v) is 9.61. The summed E-state index contributed by atoms with van der Waals surface area (Å²) in [5, 5.41) is 2.79. The normalized spacial score (nSPS) is 16.0. The fourth-order valence-electron chi connectivity index (χ4n) is 2.78. The molecule has 3 rings (SSSR count). The first-order valence-electron chi connectivity index (χ1n) is 8.00. The highest BCUT2D eigenvalue weighted by Gasteiger charge is 2.29. The van der Waals surface area contributed by atoms with Gasteiger partial charge in [0.15, 0.2) is 0 Å². The van der Waals surface area contributed by atoms with Gasteiger partial charge in [-0.3, -0.25) is 9.10 Å². The van der Waals surface area contributed by atoms with Gasteiger partial charge in [0.1, 0.15) is 11.5 Å². The van der Waals surface area contributed by atoms with E-state index in [-0.39, 0.29) is 18.1 Å². The largest absolute Gasteiger partial charge is 0.495 e. The number of carbonyl (C=O) groups is 1. The third-order valence-corrected chi connectivity index (χ3v) is 5.89. The molecule has 1 aromatic carbocycles. The average molecular weight is 364 g/mol. The number of sulfonamides is 1. The van der Waals surface area contributed by atoms with Gasteiger partial charge < -0.3 is 14.5 Å². The fraction of sp³-hybridized carbons (Fsp3) is 0.353. The van der Waals surface area contributed by atoms with Crippen molar-refractivity contribution >= 4 is 27.3 Å². The number of amides is 1. The number of ether oxygens (including phenoxy) is 1. The van der Waals surface area contributed by atoms with Gasteiger partial charge in [-0.1, -0.05) is 0 Å². The molecule has 1 fully saturated rings. The minimum atomic E-state index is -3.28. The van der Waals surface area contributed by atoms with Gasteiger partial charge in [0.05, 0.1) is 30.5 Å². The third-order valence-electron chi connectivity index (χ3n) is 4.02. The molecular weight excluding hydrogens is 344 g/mol. The number of hydrogen-bond acceptors (Lipinski definition) is 5. The summed E-state index contributed by atoms with van der Waals surface area (Å²) in [6.07, 6.45) is 2.90. The molecule has 0 atom stereocenters. The molecule has 0 radical (unpaired) electrons. The van der Waals surface area contributed by atoms with Crippen molar-refractivity contribution in [2.75, 3.05) is 29.0 Å². The second kappa shape index (κ2) is 7.18. The number of furan rings is 1. The lowest BCUT2D eigenvalue weighted by molar-refractivity contribution is -0.116. The molecule has 1 saturated heterocycles. The zero-order valence-corrected chi connectivity index (χ0v) is 14.7. The van der Waals surface area contributed by atoms with Gasteiger partial charge >= 0.3 is 0 Å². The van der Waals surface area contributed by atoms with E-state index in [2.05, 4.69) is 5.32 Å². The Labute approximate surface area is 146 Å². The van der Waals surface area contributed by atoms with Crippen LogP contribution in [0.15, 0.2) is 41.0 Å². The fourth-order valence-corrected chi connectivity index (χ4v) is 4.34. The molecule has 1 aliphatic heterocycles. The summed E-state index contributed by atoms with van der Waals surface area (Å²) < 4.78 is 36.0. The molecule has 2 aromatic rings. The monoisotopic (exact) mass is 364 g/mol. The molecule has 8 heteroatoms. The first kappa shape index (κ1) is 17.3. The van der Waals surface area contributed by atoms with E-state index >= 15 is 0 Å². The van der Waals surface area contributed by atoms with E-state index in [4.69, 9.17) is 9.15 Å². The molecular formula is C17H20N2O5S. The molecule has 134 valence electrons. The van der Waals surface area contributed by atoms with Crippen LogP contribution in [0.3, 0.4) is 0 Å². The number of carbonyl (C=O) groups excluding carboxylic acids is 1. The van der Waals surface area contributed by atoms with Gasteiger partial charge in [0.25, 0.3) is 0 Å². The van der Waals surface area contributed by atoms with E-state index in [0.717, 1.165) is 5.76 Å². The van der Waals surface area contributed by atoms with Crippen molar-refractivity contribution in [3.05, 3.63) is 42.4 Å². The lowest BCUT2D eigenvalue weighted by Crippen LogP contribution is -2.25. The molecule has 1 amide bonds. The zero-order valence-electron chi connectivity index (χ0n) is 13.9. The number of hydrogen-bond donors (Lipinski definition) is 1. The van der Waals surface area contributed by atoms with Crippen molar-refractivity contribution in [1.29, 1.82) is 0 Å². The van der Waals surface area contributed by atoms with Crippen molar-refractivity contribution in [2.45, 2.75) is 19.3 Å². The maximum absolute atomic E-state index is 12.2. The van der Waals surface area contributed by atoms with E-state index in [9.17, 15) is 13.2 Å². The Morgan fingerprint density at radius 1 is 1.36 bits per heavy atom. The standard InChI is InChI=1S/C17H20N2O5S/c1-23-16-7-5-13(19-9-3-11-25(19,21)22)12-15(16)18-17(20)8-6-14-4-2-10-24-14/h2,4-5,7,10,12H,3,6,8-9,11H2,1H3,(H,18,20). The number of aryl methyl sites for hydroxylation is 1. The molecule has 0 bridgehead atoms. The molecule has 7 nitrogen and oxygen atoms in total. The summed E-state index contributed by atoms with van der Waals surface area (Å²) >= 11 is 0. The Balaban J connectivity index is 1.75. The summed E-state index contributed by atoms with van der Waals surface area (Å²) in [6, 6.07) is 8.56. The minimum Gasteiger partial charge on any atom is -0.495 e. The summed E-state index contributed by atoms with van der Waals surface area (Å²) in [5.41, 5.74) is 0.978. The predicted molar refractivity (Wildman–Crippen MR) is 94.4 cm³/mol. The molecule has 1 N–H and O–H groups in total. The van der Waals surface area contributed by atoms with Crippen molar-refractivity contribution in [1.82, 2.24) is 0 Å². The number of nitrogens with one attached hydrogen (secondary N) is 1. The lowest BCUT2D eigenvalue weighted by Gasteiger charge is -2.19. The highest BCUT2D eigenvalue weighted by atomic mass is 32.2. The summed E-state index contributed by atoms with van der Waals surface area (Å²) in [6.45, 7) is 0.445. The Morgan fingerprint density at radius 2 is 2.20 bits per heavy atom. The Hall–Kier alpha value is -2.48. The van der Waals surface area contributed by atoms with Crippen LogP contribution in [0.2, 0.25) is 0 Å². The molecule has 25 heavy (non-hydrogen) atoms. The molecule has 0 spiro atoms. The van der Waals surface area contributed by atoms with E-state index in [1.807, 2.05) is 6.07 Å². The quantitative estimate of drug-likeness (QED) is 0.850. The third kappa shape index (κ3) is 3.96.